The van der Waals surface area contributed by atoms with E-state index in [1.807, 2.05) is 30.3 Å². The third-order valence-corrected chi connectivity index (χ3v) is 4.82. The number of H-pyrrole nitrogens is 2. The quantitative estimate of drug-likeness (QED) is 0.507. The van der Waals surface area contributed by atoms with Gasteiger partial charge in [-0.1, -0.05) is 18.2 Å². The topological polar surface area (TPSA) is 114 Å². The fourth-order valence-electron chi connectivity index (χ4n) is 3.38. The number of hydrogen-bond acceptors (Lipinski definition) is 4. The van der Waals surface area contributed by atoms with E-state index in [0.717, 1.165) is 22.2 Å². The van der Waals surface area contributed by atoms with E-state index in [9.17, 15) is 9.59 Å². The van der Waals surface area contributed by atoms with Gasteiger partial charge in [-0.25, -0.2) is 0 Å². The molecule has 1 aromatic carbocycles. The first-order valence-electron chi connectivity index (χ1n) is 8.99. The van der Waals surface area contributed by atoms with E-state index < -0.39 is 0 Å². The number of aliphatic hydroxyl groups is 1. The summed E-state index contributed by atoms with van der Waals surface area (Å²) in [6.45, 7) is 1.30. The lowest BCUT2D eigenvalue weighted by Crippen LogP contribution is -2.37. The molecule has 1 aliphatic heterocycles. The van der Waals surface area contributed by atoms with Crippen LogP contribution in [0.3, 0.4) is 0 Å². The van der Waals surface area contributed by atoms with E-state index in [-0.39, 0.29) is 18.4 Å². The number of rotatable bonds is 5. The number of nitrogens with one attached hydrogen (secondary N) is 3. The Morgan fingerprint density at radius 2 is 2.15 bits per heavy atom. The molecule has 0 bridgehead atoms. The fourth-order valence-corrected chi connectivity index (χ4v) is 3.38. The van der Waals surface area contributed by atoms with Crippen LogP contribution in [0.25, 0.3) is 10.9 Å². The van der Waals surface area contributed by atoms with Gasteiger partial charge in [0.25, 0.3) is 11.8 Å². The Labute approximate surface area is 155 Å². The van der Waals surface area contributed by atoms with Gasteiger partial charge in [-0.05, 0) is 18.6 Å². The number of aliphatic hydroxyl groups excluding tert-OH is 1. The van der Waals surface area contributed by atoms with Crippen molar-refractivity contribution < 1.29 is 14.7 Å². The highest BCUT2D eigenvalue weighted by atomic mass is 16.3. The third-order valence-electron chi connectivity index (χ3n) is 4.82. The Hall–Kier alpha value is -3.13. The molecule has 4 N–H and O–H groups in total. The average Bonchev–Trinajstić information content (AvgIpc) is 3.31. The Morgan fingerprint density at radius 1 is 1.30 bits per heavy atom. The van der Waals surface area contributed by atoms with Gasteiger partial charge in [-0.15, -0.1) is 0 Å². The predicted molar refractivity (Wildman–Crippen MR) is 99.4 cm³/mol. The van der Waals surface area contributed by atoms with Crippen LogP contribution < -0.4 is 5.32 Å². The number of nitrogens with zero attached hydrogens (tertiary/aromatic N) is 2. The molecule has 0 unspecified atom stereocenters. The zero-order chi connectivity index (χ0) is 18.8. The zero-order valence-electron chi connectivity index (χ0n) is 14.8. The van der Waals surface area contributed by atoms with Crippen LogP contribution in [-0.4, -0.2) is 56.7 Å². The molecule has 140 valence electrons. The van der Waals surface area contributed by atoms with Gasteiger partial charge in [0.2, 0.25) is 0 Å². The highest BCUT2D eigenvalue weighted by Gasteiger charge is 2.28. The van der Waals surface area contributed by atoms with Crippen molar-refractivity contribution >= 4 is 22.7 Å². The molecule has 3 heterocycles. The number of benzene rings is 1. The molecule has 4 rings (SSSR count). The summed E-state index contributed by atoms with van der Waals surface area (Å²) in [6, 6.07) is 9.61. The van der Waals surface area contributed by atoms with Crippen LogP contribution in [0.2, 0.25) is 0 Å². The standard InChI is InChI=1S/C19H21N5O3/c25-9-3-7-20-18(26)17-13-11-24(8-6-15(13)22-23-17)19(27)16-10-12-4-1-2-5-14(12)21-16/h1-2,4-5,10,21,25H,3,6-9,11H2,(H,20,26)(H,22,23). The molecule has 8 nitrogen and oxygen atoms in total. The average molecular weight is 367 g/mol. The van der Waals surface area contributed by atoms with Gasteiger partial charge in [-0.3, -0.25) is 14.7 Å². The van der Waals surface area contributed by atoms with Crippen LogP contribution in [0.1, 0.15) is 38.7 Å². The fraction of sp³-hybridized carbons (Fsp3) is 0.316. The molecule has 0 radical (unpaired) electrons. The number of aromatic amines is 2. The SMILES string of the molecule is O=C(NCCCO)c1n[nH]c2c1CN(C(=O)c1cc3ccccc3[nH]1)CC2. The summed E-state index contributed by atoms with van der Waals surface area (Å²) >= 11 is 0. The summed E-state index contributed by atoms with van der Waals surface area (Å²) in [5.74, 6) is -0.384. The van der Waals surface area contributed by atoms with Crippen molar-refractivity contribution in [2.75, 3.05) is 19.7 Å². The molecule has 0 spiro atoms. The molecule has 2 aromatic heterocycles. The zero-order valence-corrected chi connectivity index (χ0v) is 14.8. The molecule has 0 atom stereocenters. The van der Waals surface area contributed by atoms with Crippen molar-refractivity contribution in [2.45, 2.75) is 19.4 Å². The van der Waals surface area contributed by atoms with E-state index in [4.69, 9.17) is 5.11 Å². The molecule has 0 aliphatic carbocycles. The van der Waals surface area contributed by atoms with E-state index in [1.54, 1.807) is 4.90 Å². The van der Waals surface area contributed by atoms with E-state index >= 15 is 0 Å². The Morgan fingerprint density at radius 3 is 2.96 bits per heavy atom. The van der Waals surface area contributed by atoms with Gasteiger partial charge in [0, 0.05) is 48.3 Å². The van der Waals surface area contributed by atoms with Crippen molar-refractivity contribution in [3.05, 3.63) is 53.0 Å². The third kappa shape index (κ3) is 3.31. The van der Waals surface area contributed by atoms with Crippen molar-refractivity contribution in [2.24, 2.45) is 0 Å². The Balaban J connectivity index is 1.52. The Kier molecular flexibility index (Phi) is 4.64. The van der Waals surface area contributed by atoms with Gasteiger partial charge >= 0.3 is 0 Å². The normalized spacial score (nSPS) is 13.6. The number of carbonyl (C=O) groups is 2. The maximum atomic E-state index is 12.9. The van der Waals surface area contributed by atoms with Crippen LogP contribution in [0, 0.1) is 0 Å². The number of aromatic nitrogens is 3. The van der Waals surface area contributed by atoms with Crippen LogP contribution in [0.15, 0.2) is 30.3 Å². The molecule has 0 saturated heterocycles. The summed E-state index contributed by atoms with van der Waals surface area (Å²) in [4.78, 5) is 30.2. The molecule has 0 fully saturated rings. The van der Waals surface area contributed by atoms with Gasteiger partial charge in [0.1, 0.15) is 5.69 Å². The summed E-state index contributed by atoms with van der Waals surface area (Å²) in [6.07, 6.45) is 1.11. The predicted octanol–water partition coefficient (Wildman–Crippen LogP) is 1.20. The maximum Gasteiger partial charge on any atom is 0.272 e. The van der Waals surface area contributed by atoms with E-state index in [0.29, 0.717) is 43.9 Å². The lowest BCUT2D eigenvalue weighted by molar-refractivity contribution is 0.0726. The van der Waals surface area contributed by atoms with Crippen LogP contribution in [-0.2, 0) is 13.0 Å². The lowest BCUT2D eigenvalue weighted by atomic mass is 10.0. The maximum absolute atomic E-state index is 12.9. The minimum atomic E-state index is -0.291. The van der Waals surface area contributed by atoms with Crippen molar-refractivity contribution in [1.82, 2.24) is 25.4 Å². The van der Waals surface area contributed by atoms with Crippen LogP contribution >= 0.6 is 0 Å². The molecular formula is C19H21N5O3. The van der Waals surface area contributed by atoms with Crippen LogP contribution in [0.4, 0.5) is 0 Å². The van der Waals surface area contributed by atoms with Gasteiger partial charge in [-0.2, -0.15) is 5.10 Å². The molecule has 1 aliphatic rings. The smallest absolute Gasteiger partial charge is 0.272 e. The Bertz CT molecular complexity index is 957. The first-order chi connectivity index (χ1) is 13.2. The second-order valence-corrected chi connectivity index (χ2v) is 6.61. The molecule has 27 heavy (non-hydrogen) atoms. The number of hydrogen-bond donors (Lipinski definition) is 4. The van der Waals surface area contributed by atoms with Gasteiger partial charge < -0.3 is 20.3 Å². The van der Waals surface area contributed by atoms with Gasteiger partial charge in [0.05, 0.1) is 6.54 Å². The number of amides is 2. The first-order valence-corrected chi connectivity index (χ1v) is 8.99. The highest BCUT2D eigenvalue weighted by Crippen LogP contribution is 2.23. The number of fused-ring (bicyclic) bond motifs is 2. The minimum Gasteiger partial charge on any atom is -0.396 e. The van der Waals surface area contributed by atoms with Crippen molar-refractivity contribution in [3.63, 3.8) is 0 Å². The monoisotopic (exact) mass is 367 g/mol. The molecule has 8 heteroatoms. The first kappa shape index (κ1) is 17.3. The minimum absolute atomic E-state index is 0.0196. The summed E-state index contributed by atoms with van der Waals surface area (Å²) in [5, 5.41) is 19.6. The summed E-state index contributed by atoms with van der Waals surface area (Å²) in [5.41, 5.74) is 3.43. The molecule has 2 amide bonds. The number of para-hydroxylation sites is 1. The second-order valence-electron chi connectivity index (χ2n) is 6.61. The van der Waals surface area contributed by atoms with E-state index in [1.165, 1.54) is 0 Å². The van der Waals surface area contributed by atoms with E-state index in [2.05, 4.69) is 20.5 Å². The largest absolute Gasteiger partial charge is 0.396 e. The second kappa shape index (κ2) is 7.24. The molecular weight excluding hydrogens is 346 g/mol. The number of carbonyl (C=O) groups excluding carboxylic acids is 2. The van der Waals surface area contributed by atoms with Gasteiger partial charge in [0.15, 0.2) is 5.69 Å². The lowest BCUT2D eigenvalue weighted by Gasteiger charge is -2.26. The summed E-state index contributed by atoms with van der Waals surface area (Å²) < 4.78 is 0. The molecule has 0 saturated carbocycles. The van der Waals surface area contributed by atoms with Crippen molar-refractivity contribution in [3.8, 4) is 0 Å². The highest BCUT2D eigenvalue weighted by molar-refractivity contribution is 5.98. The van der Waals surface area contributed by atoms with Crippen LogP contribution in [0.5, 0.6) is 0 Å². The molecule has 3 aromatic rings. The summed E-state index contributed by atoms with van der Waals surface area (Å²) in [7, 11) is 0. The van der Waals surface area contributed by atoms with Crippen molar-refractivity contribution in [1.29, 1.82) is 0 Å².